The maximum absolute atomic E-state index is 12.6. The summed E-state index contributed by atoms with van der Waals surface area (Å²) in [6.45, 7) is 2.86. The van der Waals surface area contributed by atoms with Crippen molar-refractivity contribution >= 4 is 5.91 Å². The molecule has 4 rings (SSSR count). The Bertz CT molecular complexity index is 931. The first-order valence-corrected chi connectivity index (χ1v) is 9.83. The van der Waals surface area contributed by atoms with Crippen LogP contribution in [0.25, 0.3) is 11.3 Å². The molecule has 0 bridgehead atoms. The van der Waals surface area contributed by atoms with Crippen LogP contribution >= 0.6 is 0 Å². The van der Waals surface area contributed by atoms with Gasteiger partial charge in [0.1, 0.15) is 11.4 Å². The highest BCUT2D eigenvalue weighted by atomic mass is 16.5. The van der Waals surface area contributed by atoms with E-state index in [0.29, 0.717) is 5.69 Å². The number of aromatic nitrogens is 3. The van der Waals surface area contributed by atoms with Gasteiger partial charge in [0.05, 0.1) is 12.8 Å². The van der Waals surface area contributed by atoms with Crippen LogP contribution in [0.5, 0.6) is 5.75 Å². The number of benzene rings is 1. The number of pyridine rings is 1. The number of carbonyl (C=O) groups excluding carboxylic acids is 1. The highest BCUT2D eigenvalue weighted by molar-refractivity contribution is 5.93. The van der Waals surface area contributed by atoms with Gasteiger partial charge in [0.25, 0.3) is 5.91 Å². The van der Waals surface area contributed by atoms with E-state index in [1.807, 2.05) is 48.8 Å². The molecule has 1 aliphatic rings. The van der Waals surface area contributed by atoms with Crippen molar-refractivity contribution in [3.63, 3.8) is 0 Å². The van der Waals surface area contributed by atoms with Crippen LogP contribution in [-0.4, -0.2) is 52.2 Å². The van der Waals surface area contributed by atoms with Crippen molar-refractivity contribution in [2.24, 2.45) is 0 Å². The van der Waals surface area contributed by atoms with Gasteiger partial charge in [-0.15, -0.1) is 0 Å². The molecule has 3 heterocycles. The van der Waals surface area contributed by atoms with Gasteiger partial charge >= 0.3 is 0 Å². The maximum Gasteiger partial charge on any atom is 0.269 e. The molecule has 150 valence electrons. The number of likely N-dealkylation sites (tertiary alicyclic amines) is 1. The van der Waals surface area contributed by atoms with E-state index < -0.39 is 0 Å². The number of hydrogen-bond acceptors (Lipinski definition) is 5. The lowest BCUT2D eigenvalue weighted by molar-refractivity contribution is 0.0904. The summed E-state index contributed by atoms with van der Waals surface area (Å²) in [5.41, 5.74) is 3.43. The monoisotopic (exact) mass is 391 g/mol. The van der Waals surface area contributed by atoms with Gasteiger partial charge in [-0.05, 0) is 60.9 Å². The van der Waals surface area contributed by atoms with Crippen LogP contribution in [0.3, 0.4) is 0 Å². The van der Waals surface area contributed by atoms with Crippen molar-refractivity contribution in [3.8, 4) is 17.0 Å². The summed E-state index contributed by atoms with van der Waals surface area (Å²) in [4.78, 5) is 19.1. The minimum absolute atomic E-state index is 0.107. The summed E-state index contributed by atoms with van der Waals surface area (Å²) in [5, 5.41) is 10.3. The average molecular weight is 391 g/mol. The molecule has 0 unspecified atom stereocenters. The molecule has 0 aliphatic carbocycles. The highest BCUT2D eigenvalue weighted by Crippen LogP contribution is 2.21. The Morgan fingerprint density at radius 1 is 1.17 bits per heavy atom. The number of H-pyrrole nitrogens is 1. The zero-order chi connectivity index (χ0) is 20.1. The fraction of sp³-hybridized carbons (Fsp3) is 0.318. The zero-order valence-electron chi connectivity index (χ0n) is 16.5. The Balaban J connectivity index is 1.29. The molecule has 0 radical (unpaired) electrons. The SMILES string of the molecule is COc1ccc(-c2cc(C(=O)NC3CCN(Cc4ccncc4)CC3)[nH]n2)cc1. The number of carbonyl (C=O) groups is 1. The third-order valence-electron chi connectivity index (χ3n) is 5.29. The number of aromatic amines is 1. The fourth-order valence-electron chi connectivity index (χ4n) is 3.59. The lowest BCUT2D eigenvalue weighted by Gasteiger charge is -2.32. The normalized spacial score (nSPS) is 15.2. The molecule has 0 saturated carbocycles. The predicted molar refractivity (Wildman–Crippen MR) is 111 cm³/mol. The Kier molecular flexibility index (Phi) is 5.86. The van der Waals surface area contributed by atoms with Crippen LogP contribution in [0, 0.1) is 0 Å². The molecule has 7 nitrogen and oxygen atoms in total. The third-order valence-corrected chi connectivity index (χ3v) is 5.29. The summed E-state index contributed by atoms with van der Waals surface area (Å²) in [6, 6.07) is 13.7. The van der Waals surface area contributed by atoms with Gasteiger partial charge in [-0.1, -0.05) is 0 Å². The first-order chi connectivity index (χ1) is 14.2. The van der Waals surface area contributed by atoms with Gasteiger partial charge in [0.2, 0.25) is 0 Å². The smallest absolute Gasteiger partial charge is 0.269 e. The second kappa shape index (κ2) is 8.87. The van der Waals surface area contributed by atoms with E-state index in [2.05, 4.69) is 25.4 Å². The van der Waals surface area contributed by atoms with Crippen LogP contribution in [0.2, 0.25) is 0 Å². The minimum atomic E-state index is -0.107. The van der Waals surface area contributed by atoms with Gasteiger partial charge in [0, 0.05) is 43.6 Å². The third kappa shape index (κ3) is 4.81. The van der Waals surface area contributed by atoms with Crippen molar-refractivity contribution in [3.05, 3.63) is 66.1 Å². The minimum Gasteiger partial charge on any atom is -0.497 e. The first-order valence-electron chi connectivity index (χ1n) is 9.83. The maximum atomic E-state index is 12.6. The molecular weight excluding hydrogens is 366 g/mol. The van der Waals surface area contributed by atoms with Crippen molar-refractivity contribution in [2.45, 2.75) is 25.4 Å². The molecule has 7 heteroatoms. The second-order valence-electron chi connectivity index (χ2n) is 7.27. The number of nitrogens with zero attached hydrogens (tertiary/aromatic N) is 3. The molecular formula is C22H25N5O2. The van der Waals surface area contributed by atoms with E-state index in [9.17, 15) is 4.79 Å². The number of hydrogen-bond donors (Lipinski definition) is 2. The number of amides is 1. The molecule has 1 amide bonds. The standard InChI is InChI=1S/C22H25N5O2/c1-29-19-4-2-17(3-5-19)20-14-21(26-25-20)22(28)24-18-8-12-27(13-9-18)15-16-6-10-23-11-7-16/h2-7,10-11,14,18H,8-9,12-13,15H2,1H3,(H,24,28)(H,25,26). The molecule has 0 atom stereocenters. The zero-order valence-corrected chi connectivity index (χ0v) is 16.5. The highest BCUT2D eigenvalue weighted by Gasteiger charge is 2.22. The van der Waals surface area contributed by atoms with E-state index in [4.69, 9.17) is 4.74 Å². The lowest BCUT2D eigenvalue weighted by Crippen LogP contribution is -2.44. The van der Waals surface area contributed by atoms with E-state index in [1.54, 1.807) is 13.2 Å². The van der Waals surface area contributed by atoms with Gasteiger partial charge in [-0.2, -0.15) is 5.10 Å². The van der Waals surface area contributed by atoms with E-state index in [-0.39, 0.29) is 11.9 Å². The van der Waals surface area contributed by atoms with Gasteiger partial charge in [0.15, 0.2) is 0 Å². The van der Waals surface area contributed by atoms with Crippen molar-refractivity contribution in [1.29, 1.82) is 0 Å². The second-order valence-corrected chi connectivity index (χ2v) is 7.27. The number of methoxy groups -OCH3 is 1. The number of piperidine rings is 1. The molecule has 1 aliphatic heterocycles. The molecule has 3 aromatic rings. The van der Waals surface area contributed by atoms with Crippen LogP contribution in [0.4, 0.5) is 0 Å². The lowest BCUT2D eigenvalue weighted by atomic mass is 10.0. The van der Waals surface area contributed by atoms with Gasteiger partial charge in [-0.3, -0.25) is 19.8 Å². The van der Waals surface area contributed by atoms with E-state index in [0.717, 1.165) is 49.5 Å². The number of rotatable bonds is 6. The molecule has 1 saturated heterocycles. The van der Waals surface area contributed by atoms with Crippen LogP contribution in [0.15, 0.2) is 54.9 Å². The van der Waals surface area contributed by atoms with Crippen LogP contribution in [0.1, 0.15) is 28.9 Å². The Morgan fingerprint density at radius 2 is 1.90 bits per heavy atom. The van der Waals surface area contributed by atoms with Gasteiger partial charge < -0.3 is 10.1 Å². The topological polar surface area (TPSA) is 83.1 Å². The molecule has 29 heavy (non-hydrogen) atoms. The fourth-order valence-corrected chi connectivity index (χ4v) is 3.59. The van der Waals surface area contributed by atoms with Crippen molar-refractivity contribution in [2.75, 3.05) is 20.2 Å². The Hall–Kier alpha value is -3.19. The summed E-state index contributed by atoms with van der Waals surface area (Å²) < 4.78 is 5.18. The average Bonchev–Trinajstić information content (AvgIpc) is 3.26. The Labute approximate surface area is 170 Å². The Morgan fingerprint density at radius 3 is 2.59 bits per heavy atom. The first kappa shape index (κ1) is 19.1. The van der Waals surface area contributed by atoms with Crippen LogP contribution < -0.4 is 10.1 Å². The van der Waals surface area contributed by atoms with Crippen molar-refractivity contribution < 1.29 is 9.53 Å². The largest absolute Gasteiger partial charge is 0.497 e. The molecule has 1 fully saturated rings. The summed E-state index contributed by atoms with van der Waals surface area (Å²) in [6.07, 6.45) is 5.53. The van der Waals surface area contributed by atoms with Gasteiger partial charge in [-0.25, -0.2) is 0 Å². The summed E-state index contributed by atoms with van der Waals surface area (Å²) in [5.74, 6) is 0.683. The van der Waals surface area contributed by atoms with E-state index in [1.165, 1.54) is 5.56 Å². The summed E-state index contributed by atoms with van der Waals surface area (Å²) in [7, 11) is 1.63. The number of nitrogens with one attached hydrogen (secondary N) is 2. The van der Waals surface area contributed by atoms with E-state index >= 15 is 0 Å². The van der Waals surface area contributed by atoms with Crippen molar-refractivity contribution in [1.82, 2.24) is 25.4 Å². The molecule has 1 aromatic carbocycles. The molecule has 0 spiro atoms. The molecule has 2 aromatic heterocycles. The predicted octanol–water partition coefficient (Wildman–Crippen LogP) is 2.87. The quantitative estimate of drug-likeness (QED) is 0.675. The molecule has 2 N–H and O–H groups in total. The summed E-state index contributed by atoms with van der Waals surface area (Å²) >= 11 is 0. The van der Waals surface area contributed by atoms with Crippen LogP contribution in [-0.2, 0) is 6.54 Å². The number of ether oxygens (including phenoxy) is 1.